The molecule has 0 bridgehead atoms. The van der Waals surface area contributed by atoms with Crippen molar-refractivity contribution in [2.75, 3.05) is 19.8 Å². The Kier molecular flexibility index (Phi) is 5.95. The van der Waals surface area contributed by atoms with Crippen molar-refractivity contribution >= 4 is 17.5 Å². The molecule has 1 aliphatic rings. The van der Waals surface area contributed by atoms with Gasteiger partial charge in [0.2, 0.25) is 11.5 Å². The van der Waals surface area contributed by atoms with Gasteiger partial charge in [0, 0.05) is 0 Å². The number of nitrogens with one attached hydrogen (secondary N) is 1. The van der Waals surface area contributed by atoms with Crippen molar-refractivity contribution in [3.05, 3.63) is 39.6 Å². The van der Waals surface area contributed by atoms with Crippen molar-refractivity contribution in [2.24, 2.45) is 0 Å². The highest BCUT2D eigenvalue weighted by Gasteiger charge is 2.36. The first-order valence-corrected chi connectivity index (χ1v) is 9.72. The number of rotatable bonds is 7. The molecule has 0 radical (unpaired) electrons. The van der Waals surface area contributed by atoms with Crippen molar-refractivity contribution < 1.29 is 32.5 Å². The van der Waals surface area contributed by atoms with E-state index in [1.165, 1.54) is 12.1 Å². The highest BCUT2D eigenvalue weighted by molar-refractivity contribution is 6.30. The third-order valence-electron chi connectivity index (χ3n) is 4.38. The SMILES string of the molecule is CC1(C)OCC(C(=O)NCCOc2nonc2-c2noc(=O)n2-c2ccc(F)c(Cl)c2)O1. The summed E-state index contributed by atoms with van der Waals surface area (Å²) >= 11 is 5.80. The third-order valence-corrected chi connectivity index (χ3v) is 4.67. The first-order valence-electron chi connectivity index (χ1n) is 9.34. The van der Waals surface area contributed by atoms with Gasteiger partial charge in [-0.3, -0.25) is 9.32 Å². The van der Waals surface area contributed by atoms with E-state index in [0.717, 1.165) is 10.6 Å². The number of benzene rings is 1. The summed E-state index contributed by atoms with van der Waals surface area (Å²) in [6, 6.07) is 3.61. The summed E-state index contributed by atoms with van der Waals surface area (Å²) in [5.74, 6) is -2.90. The zero-order valence-electron chi connectivity index (χ0n) is 16.8. The first-order chi connectivity index (χ1) is 15.2. The standard InChI is InChI=1S/C18H17ClFN5O7/c1-18(2)29-8-12(30-18)15(26)21-5-6-28-16-13(22-32-24-16)14-23-31-17(27)25(14)9-3-4-11(20)10(19)7-9/h3-4,7,12H,5-6,8H2,1-2H3,(H,21,26). The van der Waals surface area contributed by atoms with Crippen LogP contribution in [0, 0.1) is 5.82 Å². The number of nitrogens with zero attached hydrogens (tertiary/aromatic N) is 4. The number of amides is 1. The maximum atomic E-state index is 13.5. The molecule has 1 fully saturated rings. The molecule has 3 aromatic rings. The van der Waals surface area contributed by atoms with Crippen LogP contribution in [-0.4, -0.2) is 57.6 Å². The maximum Gasteiger partial charge on any atom is 0.446 e. The Balaban J connectivity index is 1.43. The molecule has 4 rings (SSSR count). The van der Waals surface area contributed by atoms with Gasteiger partial charge in [-0.05, 0) is 42.4 Å². The molecule has 170 valence electrons. The average molecular weight is 470 g/mol. The predicted molar refractivity (Wildman–Crippen MR) is 104 cm³/mol. The predicted octanol–water partition coefficient (Wildman–Crippen LogP) is 1.31. The molecule has 0 aliphatic carbocycles. The number of carbonyl (C=O) groups excluding carboxylic acids is 1. The minimum atomic E-state index is -0.870. The van der Waals surface area contributed by atoms with E-state index in [1.54, 1.807) is 13.8 Å². The van der Waals surface area contributed by atoms with Crippen molar-refractivity contribution in [3.63, 3.8) is 0 Å². The molecule has 1 amide bonds. The zero-order chi connectivity index (χ0) is 22.9. The van der Waals surface area contributed by atoms with E-state index in [1.807, 2.05) is 0 Å². The second-order valence-electron chi connectivity index (χ2n) is 7.08. The second-order valence-corrected chi connectivity index (χ2v) is 7.49. The molecule has 1 saturated heterocycles. The van der Waals surface area contributed by atoms with Crippen molar-refractivity contribution in [3.8, 4) is 23.1 Å². The van der Waals surface area contributed by atoms with Gasteiger partial charge in [0.1, 0.15) is 12.4 Å². The van der Waals surface area contributed by atoms with Crippen LogP contribution in [0.4, 0.5) is 4.39 Å². The second kappa shape index (κ2) is 8.68. The van der Waals surface area contributed by atoms with Crippen LogP contribution in [-0.2, 0) is 14.3 Å². The van der Waals surface area contributed by atoms with Gasteiger partial charge in [0.05, 0.1) is 23.9 Å². The summed E-state index contributed by atoms with van der Waals surface area (Å²) in [6.07, 6.45) is -0.721. The van der Waals surface area contributed by atoms with Crippen LogP contribution in [0.3, 0.4) is 0 Å². The monoisotopic (exact) mass is 469 g/mol. The molecule has 2 aromatic heterocycles. The van der Waals surface area contributed by atoms with Gasteiger partial charge < -0.3 is 19.5 Å². The lowest BCUT2D eigenvalue weighted by atomic mass is 10.3. The van der Waals surface area contributed by atoms with Crippen LogP contribution in [0.25, 0.3) is 17.2 Å². The van der Waals surface area contributed by atoms with Crippen LogP contribution in [0.1, 0.15) is 13.8 Å². The summed E-state index contributed by atoms with van der Waals surface area (Å²) < 4.78 is 40.2. The molecule has 3 heterocycles. The molecule has 1 aromatic carbocycles. The average Bonchev–Trinajstić information content (AvgIpc) is 3.45. The lowest BCUT2D eigenvalue weighted by molar-refractivity contribution is -0.153. The van der Waals surface area contributed by atoms with Gasteiger partial charge in [-0.2, -0.15) is 0 Å². The Morgan fingerprint density at radius 2 is 2.19 bits per heavy atom. The van der Waals surface area contributed by atoms with E-state index in [-0.39, 0.29) is 53.8 Å². The van der Waals surface area contributed by atoms with Crippen LogP contribution >= 0.6 is 11.6 Å². The third kappa shape index (κ3) is 4.49. The fourth-order valence-electron chi connectivity index (χ4n) is 2.92. The molecule has 14 heteroatoms. The number of carbonyl (C=O) groups is 1. The molecule has 1 atom stereocenters. The molecule has 1 aliphatic heterocycles. The van der Waals surface area contributed by atoms with Gasteiger partial charge in [0.25, 0.3) is 11.8 Å². The van der Waals surface area contributed by atoms with Crippen molar-refractivity contribution in [2.45, 2.75) is 25.7 Å². The molecule has 32 heavy (non-hydrogen) atoms. The summed E-state index contributed by atoms with van der Waals surface area (Å²) in [5.41, 5.74) is 0.137. The Labute approximate surface area is 184 Å². The van der Waals surface area contributed by atoms with E-state index in [9.17, 15) is 14.0 Å². The summed E-state index contributed by atoms with van der Waals surface area (Å²) in [4.78, 5) is 24.3. The maximum absolute atomic E-state index is 13.5. The highest BCUT2D eigenvalue weighted by Crippen LogP contribution is 2.27. The Bertz CT molecular complexity index is 1190. The molecule has 0 spiro atoms. The minimum absolute atomic E-state index is 0.00557. The minimum Gasteiger partial charge on any atom is -0.472 e. The van der Waals surface area contributed by atoms with Gasteiger partial charge in [-0.15, -0.1) is 0 Å². The normalized spacial score (nSPS) is 17.4. The smallest absolute Gasteiger partial charge is 0.446 e. The molecular formula is C18H17ClFN5O7. The summed E-state index contributed by atoms with van der Waals surface area (Å²) in [5, 5.41) is 13.4. The fourth-order valence-corrected chi connectivity index (χ4v) is 3.09. The Morgan fingerprint density at radius 1 is 1.38 bits per heavy atom. The number of hydrogen-bond acceptors (Lipinski definition) is 10. The first kappa shape index (κ1) is 21.9. The summed E-state index contributed by atoms with van der Waals surface area (Å²) in [6.45, 7) is 3.69. The van der Waals surface area contributed by atoms with Gasteiger partial charge >= 0.3 is 5.76 Å². The zero-order valence-corrected chi connectivity index (χ0v) is 17.6. The molecule has 12 nitrogen and oxygen atoms in total. The quantitative estimate of drug-likeness (QED) is 0.503. The largest absolute Gasteiger partial charge is 0.472 e. The van der Waals surface area contributed by atoms with E-state index in [2.05, 4.69) is 20.8 Å². The topological polar surface area (TPSA) is 144 Å². The lowest BCUT2D eigenvalue weighted by Crippen LogP contribution is -2.39. The van der Waals surface area contributed by atoms with E-state index < -0.39 is 23.5 Å². The lowest BCUT2D eigenvalue weighted by Gasteiger charge is -2.16. The molecule has 0 saturated carbocycles. The van der Waals surface area contributed by atoms with Crippen molar-refractivity contribution in [1.82, 2.24) is 25.4 Å². The molecule has 1 N–H and O–H groups in total. The van der Waals surface area contributed by atoms with Crippen molar-refractivity contribution in [1.29, 1.82) is 0 Å². The van der Waals surface area contributed by atoms with Gasteiger partial charge in [-0.1, -0.05) is 16.8 Å². The Hall–Kier alpha value is -3.29. The van der Waals surface area contributed by atoms with E-state index >= 15 is 0 Å². The van der Waals surface area contributed by atoms with Gasteiger partial charge in [-0.25, -0.2) is 18.4 Å². The summed E-state index contributed by atoms with van der Waals surface area (Å²) in [7, 11) is 0. The molecule has 1 unspecified atom stereocenters. The fraction of sp³-hybridized carbons (Fsp3) is 0.389. The van der Waals surface area contributed by atoms with Crippen LogP contribution in [0.15, 0.2) is 32.1 Å². The van der Waals surface area contributed by atoms with Crippen LogP contribution in [0.5, 0.6) is 5.88 Å². The van der Waals surface area contributed by atoms with Crippen LogP contribution in [0.2, 0.25) is 5.02 Å². The van der Waals surface area contributed by atoms with Crippen LogP contribution < -0.4 is 15.8 Å². The number of halogens is 2. The van der Waals surface area contributed by atoms with Gasteiger partial charge in [0.15, 0.2) is 11.9 Å². The van der Waals surface area contributed by atoms with E-state index in [0.29, 0.717) is 0 Å². The molecular weight excluding hydrogens is 453 g/mol. The Morgan fingerprint density at radius 3 is 2.91 bits per heavy atom. The highest BCUT2D eigenvalue weighted by atomic mass is 35.5. The number of aromatic nitrogens is 4. The number of hydrogen-bond donors (Lipinski definition) is 1. The van der Waals surface area contributed by atoms with E-state index in [4.69, 9.17) is 35.0 Å². The number of ether oxygens (including phenoxy) is 3.